The number of carbonyl (C=O) groups excluding carboxylic acids is 1. The molecule has 0 atom stereocenters. The van der Waals surface area contributed by atoms with Gasteiger partial charge >= 0.3 is 0 Å². The lowest BCUT2D eigenvalue weighted by Crippen LogP contribution is -2.43. The van der Waals surface area contributed by atoms with Gasteiger partial charge in [0, 0.05) is 37.8 Å². The van der Waals surface area contributed by atoms with Crippen molar-refractivity contribution in [2.75, 3.05) is 31.1 Å². The van der Waals surface area contributed by atoms with Gasteiger partial charge in [-0.05, 0) is 31.0 Å². The number of nitrogens with one attached hydrogen (secondary N) is 2. The smallest absolute Gasteiger partial charge is 0.251 e. The topological polar surface area (TPSA) is 44.4 Å². The van der Waals surface area contributed by atoms with Crippen molar-refractivity contribution in [2.45, 2.75) is 18.9 Å². The van der Waals surface area contributed by atoms with E-state index >= 15 is 0 Å². The Morgan fingerprint density at radius 1 is 1.32 bits per heavy atom. The van der Waals surface area contributed by atoms with Gasteiger partial charge in [-0.2, -0.15) is 0 Å². The molecular weight excluding hydrogens is 262 g/mol. The van der Waals surface area contributed by atoms with Gasteiger partial charge in [-0.1, -0.05) is 11.6 Å². The van der Waals surface area contributed by atoms with Gasteiger partial charge in [-0.15, -0.1) is 0 Å². The summed E-state index contributed by atoms with van der Waals surface area (Å²) < 4.78 is 0. The maximum absolute atomic E-state index is 11.9. The first-order chi connectivity index (χ1) is 9.24. The molecule has 4 nitrogen and oxygen atoms in total. The Balaban J connectivity index is 1.74. The maximum Gasteiger partial charge on any atom is 0.251 e. The van der Waals surface area contributed by atoms with Crippen molar-refractivity contribution < 1.29 is 4.79 Å². The van der Waals surface area contributed by atoms with Crippen LogP contribution in [0.4, 0.5) is 5.69 Å². The summed E-state index contributed by atoms with van der Waals surface area (Å²) in [6.07, 6.45) is 2.19. The Morgan fingerprint density at radius 2 is 2.05 bits per heavy atom. The molecule has 102 valence electrons. The lowest BCUT2D eigenvalue weighted by atomic mass is 10.1. The van der Waals surface area contributed by atoms with Gasteiger partial charge in [0.25, 0.3) is 5.91 Å². The fraction of sp³-hybridized carbons (Fsp3) is 0.500. The van der Waals surface area contributed by atoms with Crippen LogP contribution in [0, 0.1) is 0 Å². The van der Waals surface area contributed by atoms with Crippen LogP contribution in [0.15, 0.2) is 18.2 Å². The van der Waals surface area contributed by atoms with Crippen LogP contribution in [0.1, 0.15) is 23.2 Å². The summed E-state index contributed by atoms with van der Waals surface area (Å²) in [5.74, 6) is -0.0174. The summed E-state index contributed by atoms with van der Waals surface area (Å²) in [7, 11) is 0. The van der Waals surface area contributed by atoms with E-state index in [0.717, 1.165) is 44.7 Å². The second kappa shape index (κ2) is 5.39. The van der Waals surface area contributed by atoms with Crippen LogP contribution in [0.25, 0.3) is 0 Å². The zero-order chi connectivity index (χ0) is 13.2. The average Bonchev–Trinajstić information content (AvgIpc) is 3.23. The number of hydrogen-bond donors (Lipinski definition) is 2. The van der Waals surface area contributed by atoms with Gasteiger partial charge < -0.3 is 15.5 Å². The van der Waals surface area contributed by atoms with E-state index in [1.165, 1.54) is 0 Å². The van der Waals surface area contributed by atoms with Crippen LogP contribution in [-0.2, 0) is 0 Å². The van der Waals surface area contributed by atoms with E-state index in [9.17, 15) is 4.79 Å². The molecule has 5 heteroatoms. The Labute approximate surface area is 118 Å². The number of hydrogen-bond acceptors (Lipinski definition) is 3. The van der Waals surface area contributed by atoms with E-state index in [-0.39, 0.29) is 5.91 Å². The fourth-order valence-corrected chi connectivity index (χ4v) is 2.61. The Kier molecular flexibility index (Phi) is 3.62. The highest BCUT2D eigenvalue weighted by atomic mass is 35.5. The number of piperazine rings is 1. The predicted octanol–water partition coefficient (Wildman–Crippen LogP) is 1.64. The zero-order valence-corrected chi connectivity index (χ0v) is 11.5. The van der Waals surface area contributed by atoms with Crippen molar-refractivity contribution in [3.63, 3.8) is 0 Å². The molecule has 2 fully saturated rings. The first-order valence-electron chi connectivity index (χ1n) is 6.80. The van der Waals surface area contributed by atoms with Crippen LogP contribution in [0.2, 0.25) is 5.02 Å². The number of amides is 1. The molecule has 1 aromatic rings. The fourth-order valence-electron chi connectivity index (χ4n) is 2.31. The largest absolute Gasteiger partial charge is 0.368 e. The number of carbonyl (C=O) groups is 1. The Morgan fingerprint density at radius 3 is 2.68 bits per heavy atom. The average molecular weight is 280 g/mol. The van der Waals surface area contributed by atoms with Crippen LogP contribution >= 0.6 is 11.6 Å². The first-order valence-corrected chi connectivity index (χ1v) is 7.18. The molecule has 0 spiro atoms. The molecule has 1 aliphatic heterocycles. The van der Waals surface area contributed by atoms with Gasteiger partial charge in [-0.3, -0.25) is 4.79 Å². The summed E-state index contributed by atoms with van der Waals surface area (Å²) in [5.41, 5.74) is 1.67. The summed E-state index contributed by atoms with van der Waals surface area (Å²) in [6, 6.07) is 5.96. The standard InChI is InChI=1S/C14H18ClN3O/c15-12-9-10(14(19)17-11-2-3-11)1-4-13(12)18-7-5-16-6-8-18/h1,4,9,11,16H,2-3,5-8H2,(H,17,19). The molecule has 0 aromatic heterocycles. The third kappa shape index (κ3) is 3.01. The molecule has 1 saturated carbocycles. The lowest BCUT2D eigenvalue weighted by Gasteiger charge is -2.30. The molecule has 1 heterocycles. The minimum absolute atomic E-state index is 0.0174. The van der Waals surface area contributed by atoms with Crippen molar-refractivity contribution >= 4 is 23.2 Å². The normalized spacial score (nSPS) is 19.3. The molecule has 3 rings (SSSR count). The minimum Gasteiger partial charge on any atom is -0.368 e. The molecule has 0 radical (unpaired) electrons. The van der Waals surface area contributed by atoms with Gasteiger partial charge in [0.15, 0.2) is 0 Å². The zero-order valence-electron chi connectivity index (χ0n) is 10.8. The third-order valence-corrected chi connectivity index (χ3v) is 3.88. The summed E-state index contributed by atoms with van der Waals surface area (Å²) in [4.78, 5) is 14.2. The molecule has 0 bridgehead atoms. The van der Waals surface area contributed by atoms with E-state index in [1.54, 1.807) is 6.07 Å². The van der Waals surface area contributed by atoms with Crippen molar-refractivity contribution in [1.82, 2.24) is 10.6 Å². The Bertz CT molecular complexity index is 482. The second-order valence-electron chi connectivity index (χ2n) is 5.15. The van der Waals surface area contributed by atoms with E-state index in [0.29, 0.717) is 16.6 Å². The number of benzene rings is 1. The van der Waals surface area contributed by atoms with Crippen LogP contribution in [0.3, 0.4) is 0 Å². The van der Waals surface area contributed by atoms with E-state index in [4.69, 9.17) is 11.6 Å². The van der Waals surface area contributed by atoms with E-state index in [2.05, 4.69) is 15.5 Å². The summed E-state index contributed by atoms with van der Waals surface area (Å²) in [5, 5.41) is 6.95. The third-order valence-electron chi connectivity index (χ3n) is 3.58. The summed E-state index contributed by atoms with van der Waals surface area (Å²) in [6.45, 7) is 3.85. The molecular formula is C14H18ClN3O. The number of halogens is 1. The highest BCUT2D eigenvalue weighted by Crippen LogP contribution is 2.27. The SMILES string of the molecule is O=C(NC1CC1)c1ccc(N2CCNCC2)c(Cl)c1. The molecule has 0 unspecified atom stereocenters. The molecule has 2 N–H and O–H groups in total. The van der Waals surface area contributed by atoms with Crippen LogP contribution < -0.4 is 15.5 Å². The van der Waals surface area contributed by atoms with Crippen molar-refractivity contribution in [2.24, 2.45) is 0 Å². The highest BCUT2D eigenvalue weighted by molar-refractivity contribution is 6.33. The molecule has 1 aromatic carbocycles. The lowest BCUT2D eigenvalue weighted by molar-refractivity contribution is 0.0951. The molecule has 1 aliphatic carbocycles. The number of anilines is 1. The van der Waals surface area contributed by atoms with E-state index in [1.807, 2.05) is 12.1 Å². The van der Waals surface area contributed by atoms with Gasteiger partial charge in [0.2, 0.25) is 0 Å². The number of nitrogens with zero attached hydrogens (tertiary/aromatic N) is 1. The summed E-state index contributed by atoms with van der Waals surface area (Å²) >= 11 is 6.32. The Hall–Kier alpha value is -1.26. The maximum atomic E-state index is 11.9. The van der Waals surface area contributed by atoms with Crippen LogP contribution in [0.5, 0.6) is 0 Å². The van der Waals surface area contributed by atoms with Crippen molar-refractivity contribution in [1.29, 1.82) is 0 Å². The second-order valence-corrected chi connectivity index (χ2v) is 5.56. The molecule has 1 amide bonds. The first kappa shape index (κ1) is 12.8. The van der Waals surface area contributed by atoms with E-state index < -0.39 is 0 Å². The molecule has 19 heavy (non-hydrogen) atoms. The molecule has 2 aliphatic rings. The predicted molar refractivity (Wildman–Crippen MR) is 77.0 cm³/mol. The monoisotopic (exact) mass is 279 g/mol. The van der Waals surface area contributed by atoms with Gasteiger partial charge in [0.05, 0.1) is 10.7 Å². The quantitative estimate of drug-likeness (QED) is 0.884. The van der Waals surface area contributed by atoms with Crippen molar-refractivity contribution in [3.8, 4) is 0 Å². The van der Waals surface area contributed by atoms with Gasteiger partial charge in [0.1, 0.15) is 0 Å². The molecule has 1 saturated heterocycles. The number of rotatable bonds is 3. The highest BCUT2D eigenvalue weighted by Gasteiger charge is 2.24. The minimum atomic E-state index is -0.0174. The van der Waals surface area contributed by atoms with Crippen LogP contribution in [-0.4, -0.2) is 38.1 Å². The van der Waals surface area contributed by atoms with Gasteiger partial charge in [-0.25, -0.2) is 0 Å². The van der Waals surface area contributed by atoms with Crippen molar-refractivity contribution in [3.05, 3.63) is 28.8 Å².